The molecule has 24 heavy (non-hydrogen) atoms. The zero-order valence-electron chi connectivity index (χ0n) is 15.3. The number of aromatic nitrogens is 1. The van der Waals surface area contributed by atoms with Crippen LogP contribution in [-0.4, -0.2) is 10.8 Å². The number of allylic oxidation sites excluding steroid dienone is 1. The molecule has 1 heterocycles. The van der Waals surface area contributed by atoms with Crippen molar-refractivity contribution in [2.45, 2.75) is 47.0 Å². The number of hydrogen-bond donors (Lipinski definition) is 1. The van der Waals surface area contributed by atoms with E-state index in [1.165, 1.54) is 5.56 Å². The number of pyridine rings is 1. The quantitative estimate of drug-likeness (QED) is 0.664. The first-order chi connectivity index (χ1) is 11.1. The molecule has 1 aromatic heterocycles. The lowest BCUT2D eigenvalue weighted by molar-refractivity contribution is 0.103. The first-order valence-electron chi connectivity index (χ1n) is 8.13. The lowest BCUT2D eigenvalue weighted by Crippen LogP contribution is -2.21. The molecule has 0 bridgehead atoms. The van der Waals surface area contributed by atoms with Gasteiger partial charge in [0.15, 0.2) is 5.78 Å². The molecule has 0 saturated heterocycles. The molecule has 3 nitrogen and oxygen atoms in total. The van der Waals surface area contributed by atoms with Crippen LogP contribution >= 0.6 is 0 Å². The van der Waals surface area contributed by atoms with Crippen molar-refractivity contribution in [1.82, 2.24) is 4.98 Å². The van der Waals surface area contributed by atoms with Crippen LogP contribution in [0, 0.1) is 13.8 Å². The molecule has 0 fully saturated rings. The second-order valence-electron chi connectivity index (χ2n) is 7.37. The molecule has 0 aliphatic rings. The Kier molecular flexibility index (Phi) is 4.93. The molecule has 126 valence electrons. The van der Waals surface area contributed by atoms with Crippen LogP contribution in [0.1, 0.15) is 60.4 Å². The summed E-state index contributed by atoms with van der Waals surface area (Å²) in [6.45, 7) is 11.8. The number of aryl methyl sites for hydroxylation is 2. The highest BCUT2D eigenvalue weighted by molar-refractivity contribution is 6.11. The van der Waals surface area contributed by atoms with Gasteiger partial charge in [-0.3, -0.25) is 9.59 Å². The van der Waals surface area contributed by atoms with Crippen molar-refractivity contribution in [2.24, 2.45) is 0 Å². The molecule has 0 aliphatic heterocycles. The fourth-order valence-electron chi connectivity index (χ4n) is 2.73. The summed E-state index contributed by atoms with van der Waals surface area (Å²) in [5.41, 5.74) is 4.21. The molecule has 3 heteroatoms. The van der Waals surface area contributed by atoms with E-state index in [1.54, 1.807) is 13.8 Å². The maximum atomic E-state index is 12.6. The fourth-order valence-corrected chi connectivity index (χ4v) is 2.73. The summed E-state index contributed by atoms with van der Waals surface area (Å²) in [6.07, 6.45) is 1.83. The Labute approximate surface area is 143 Å². The first-order valence-corrected chi connectivity index (χ1v) is 8.13. The number of carbonyl (C=O) groups is 1. The van der Waals surface area contributed by atoms with Crippen LogP contribution in [0.15, 0.2) is 40.7 Å². The van der Waals surface area contributed by atoms with Gasteiger partial charge in [-0.1, -0.05) is 45.0 Å². The molecule has 0 atom stereocenters. The zero-order valence-corrected chi connectivity index (χ0v) is 15.3. The monoisotopic (exact) mass is 323 g/mol. The number of ketones is 1. The van der Waals surface area contributed by atoms with Crippen LogP contribution in [0.25, 0.3) is 6.08 Å². The topological polar surface area (TPSA) is 49.9 Å². The summed E-state index contributed by atoms with van der Waals surface area (Å²) < 4.78 is 0. The molecule has 0 amide bonds. The van der Waals surface area contributed by atoms with E-state index in [4.69, 9.17) is 0 Å². The minimum Gasteiger partial charge on any atom is -0.326 e. The molecule has 0 spiro atoms. The summed E-state index contributed by atoms with van der Waals surface area (Å²) in [5, 5.41) is 0. The highest BCUT2D eigenvalue weighted by atomic mass is 16.1. The van der Waals surface area contributed by atoms with E-state index in [-0.39, 0.29) is 22.3 Å². The maximum Gasteiger partial charge on any atom is 0.259 e. The van der Waals surface area contributed by atoms with Crippen molar-refractivity contribution >= 4 is 11.9 Å². The van der Waals surface area contributed by atoms with Crippen LogP contribution in [0.3, 0.4) is 0 Å². The van der Waals surface area contributed by atoms with Crippen LogP contribution < -0.4 is 5.56 Å². The predicted molar refractivity (Wildman–Crippen MR) is 99.7 cm³/mol. The second kappa shape index (κ2) is 6.60. The molecule has 2 aromatic rings. The smallest absolute Gasteiger partial charge is 0.259 e. The molecule has 2 rings (SSSR count). The summed E-state index contributed by atoms with van der Waals surface area (Å²) in [4.78, 5) is 27.5. The van der Waals surface area contributed by atoms with Gasteiger partial charge in [-0.05, 0) is 60.6 Å². The number of rotatable bonds is 3. The van der Waals surface area contributed by atoms with Crippen LogP contribution in [-0.2, 0) is 5.41 Å². The van der Waals surface area contributed by atoms with E-state index in [9.17, 15) is 9.59 Å². The number of aromatic amines is 1. The number of hydrogen-bond acceptors (Lipinski definition) is 2. The van der Waals surface area contributed by atoms with Gasteiger partial charge in [-0.2, -0.15) is 0 Å². The second-order valence-corrected chi connectivity index (χ2v) is 7.37. The van der Waals surface area contributed by atoms with Gasteiger partial charge in [0.25, 0.3) is 5.56 Å². The molecular formula is C21H25NO2. The Hall–Kier alpha value is -2.42. The van der Waals surface area contributed by atoms with Gasteiger partial charge >= 0.3 is 0 Å². The van der Waals surface area contributed by atoms with Crippen molar-refractivity contribution in [2.75, 3.05) is 0 Å². The Morgan fingerprint density at radius 3 is 2.17 bits per heavy atom. The molecule has 1 N–H and O–H groups in total. The Balaban J connectivity index is 2.35. The summed E-state index contributed by atoms with van der Waals surface area (Å²) in [5.74, 6) is -0.228. The number of Topliss-reactive ketones (excluding diaryl/α,β-unsaturated/α-hetero) is 1. The van der Waals surface area contributed by atoms with Gasteiger partial charge in [0, 0.05) is 5.69 Å². The van der Waals surface area contributed by atoms with E-state index >= 15 is 0 Å². The molecular weight excluding hydrogens is 298 g/mol. The van der Waals surface area contributed by atoms with E-state index in [1.807, 2.05) is 31.2 Å². The van der Waals surface area contributed by atoms with Gasteiger partial charge in [-0.25, -0.2) is 0 Å². The summed E-state index contributed by atoms with van der Waals surface area (Å²) in [6, 6.07) is 9.98. The van der Waals surface area contributed by atoms with Crippen LogP contribution in [0.5, 0.6) is 0 Å². The fraction of sp³-hybridized carbons (Fsp3) is 0.333. The lowest BCUT2D eigenvalue weighted by atomic mass is 9.86. The third-order valence-corrected chi connectivity index (χ3v) is 4.11. The van der Waals surface area contributed by atoms with Crippen molar-refractivity contribution in [3.63, 3.8) is 0 Å². The Morgan fingerprint density at radius 1 is 1.08 bits per heavy atom. The highest BCUT2D eigenvalue weighted by Gasteiger charge is 2.16. The third-order valence-electron chi connectivity index (χ3n) is 4.11. The number of carbonyl (C=O) groups excluding carboxylic acids is 1. The normalized spacial score (nSPS) is 12.3. The molecule has 0 aliphatic carbocycles. The zero-order chi connectivity index (χ0) is 18.1. The van der Waals surface area contributed by atoms with Crippen molar-refractivity contribution < 1.29 is 4.79 Å². The van der Waals surface area contributed by atoms with E-state index in [0.29, 0.717) is 11.1 Å². The molecule has 1 aromatic carbocycles. The van der Waals surface area contributed by atoms with Gasteiger partial charge < -0.3 is 4.98 Å². The molecule has 0 unspecified atom stereocenters. The van der Waals surface area contributed by atoms with Gasteiger partial charge in [0.05, 0.1) is 5.56 Å². The predicted octanol–water partition coefficient (Wildman–Crippen LogP) is 4.58. The average Bonchev–Trinajstić information content (AvgIpc) is 2.45. The Bertz CT molecular complexity index is 847. The van der Waals surface area contributed by atoms with Gasteiger partial charge in [0.2, 0.25) is 0 Å². The minimum atomic E-state index is -0.326. The van der Waals surface area contributed by atoms with E-state index < -0.39 is 0 Å². The molecule has 0 radical (unpaired) electrons. The van der Waals surface area contributed by atoms with Crippen molar-refractivity contribution in [1.29, 1.82) is 0 Å². The number of H-pyrrole nitrogens is 1. The first kappa shape index (κ1) is 17.9. The lowest BCUT2D eigenvalue weighted by Gasteiger charge is -2.18. The number of benzene rings is 1. The summed E-state index contributed by atoms with van der Waals surface area (Å²) in [7, 11) is 0. The van der Waals surface area contributed by atoms with Crippen LogP contribution in [0.2, 0.25) is 0 Å². The largest absolute Gasteiger partial charge is 0.326 e. The summed E-state index contributed by atoms with van der Waals surface area (Å²) >= 11 is 0. The van der Waals surface area contributed by atoms with Crippen LogP contribution in [0.4, 0.5) is 0 Å². The third kappa shape index (κ3) is 3.91. The van der Waals surface area contributed by atoms with E-state index in [2.05, 4.69) is 37.9 Å². The SMILES string of the molecule is CC(=Cc1ccc(C(C)(C)C)cc1)C(=O)c1c(C)cc(C)[nH]c1=O. The van der Waals surface area contributed by atoms with Gasteiger partial charge in [-0.15, -0.1) is 0 Å². The van der Waals surface area contributed by atoms with Gasteiger partial charge in [0.1, 0.15) is 0 Å². The highest BCUT2D eigenvalue weighted by Crippen LogP contribution is 2.23. The van der Waals surface area contributed by atoms with Crippen molar-refractivity contribution in [3.05, 3.63) is 74.2 Å². The van der Waals surface area contributed by atoms with E-state index in [0.717, 1.165) is 11.3 Å². The molecule has 0 saturated carbocycles. The standard InChI is InChI=1S/C21H25NO2/c1-13-11-15(3)22-20(24)18(13)19(23)14(2)12-16-7-9-17(10-8-16)21(4,5)6/h7-12H,1-6H3,(H,22,24). The average molecular weight is 323 g/mol. The number of nitrogens with one attached hydrogen (secondary N) is 1. The minimum absolute atomic E-state index is 0.0966. The van der Waals surface area contributed by atoms with Crippen molar-refractivity contribution in [3.8, 4) is 0 Å². The maximum absolute atomic E-state index is 12.6. The Morgan fingerprint density at radius 2 is 1.67 bits per heavy atom.